The fraction of sp³-hybridized carbons (Fsp3) is 0.182. The molecule has 154 valence electrons. The van der Waals surface area contributed by atoms with Crippen LogP contribution in [0.4, 0.5) is 10.1 Å². The van der Waals surface area contributed by atoms with Crippen molar-refractivity contribution in [3.05, 3.63) is 84.1 Å². The number of carbonyl (C=O) groups excluding carboxylic acids is 2. The molecule has 2 amide bonds. The molecule has 2 heterocycles. The quantitative estimate of drug-likeness (QED) is 0.658. The van der Waals surface area contributed by atoms with Gasteiger partial charge in [0.05, 0.1) is 19.6 Å². The second-order valence-electron chi connectivity index (χ2n) is 6.70. The molecule has 0 saturated carbocycles. The van der Waals surface area contributed by atoms with Crippen LogP contribution in [-0.4, -0.2) is 35.6 Å². The van der Waals surface area contributed by atoms with E-state index in [4.69, 9.17) is 9.15 Å². The Morgan fingerprint density at radius 3 is 2.50 bits per heavy atom. The van der Waals surface area contributed by atoms with Gasteiger partial charge in [-0.3, -0.25) is 9.59 Å². The second kappa shape index (κ2) is 8.62. The van der Waals surface area contributed by atoms with Crippen molar-refractivity contribution in [2.24, 2.45) is 0 Å². The first kappa shape index (κ1) is 20.0. The highest BCUT2D eigenvalue weighted by molar-refractivity contribution is 7.99. The number of thioether (sulfide) groups is 1. The van der Waals surface area contributed by atoms with Crippen LogP contribution < -0.4 is 10.1 Å². The molecular formula is C22H19FN2O4S. The summed E-state index contributed by atoms with van der Waals surface area (Å²) in [6.07, 6.45) is 3.12. The van der Waals surface area contributed by atoms with E-state index in [0.717, 1.165) is 5.56 Å². The number of anilines is 1. The summed E-state index contributed by atoms with van der Waals surface area (Å²) in [6, 6.07) is 13.4. The van der Waals surface area contributed by atoms with E-state index in [1.54, 1.807) is 48.6 Å². The molecule has 1 aliphatic heterocycles. The zero-order valence-electron chi connectivity index (χ0n) is 16.1. The van der Waals surface area contributed by atoms with Crippen LogP contribution in [0.1, 0.15) is 21.3 Å². The van der Waals surface area contributed by atoms with Crippen LogP contribution in [-0.2, 0) is 4.79 Å². The van der Waals surface area contributed by atoms with Crippen molar-refractivity contribution in [2.75, 3.05) is 18.2 Å². The lowest BCUT2D eigenvalue weighted by Gasteiger charge is -2.28. The lowest BCUT2D eigenvalue weighted by atomic mass is 10.1. The molecule has 8 heteroatoms. The first-order valence-electron chi connectivity index (χ1n) is 9.23. The Labute approximate surface area is 177 Å². The molecule has 0 spiro atoms. The van der Waals surface area contributed by atoms with Crippen LogP contribution in [0.25, 0.3) is 0 Å². The average molecular weight is 426 g/mol. The van der Waals surface area contributed by atoms with Gasteiger partial charge in [-0.15, -0.1) is 11.8 Å². The number of carbonyl (C=O) groups is 2. The van der Waals surface area contributed by atoms with Crippen molar-refractivity contribution in [1.82, 2.24) is 4.90 Å². The summed E-state index contributed by atoms with van der Waals surface area (Å²) in [4.78, 5) is 27.9. The van der Waals surface area contributed by atoms with Crippen molar-refractivity contribution < 1.29 is 23.1 Å². The minimum atomic E-state index is -0.699. The fourth-order valence-corrected chi connectivity index (χ4v) is 4.68. The maximum absolute atomic E-state index is 13.4. The molecule has 4 rings (SSSR count). The molecule has 0 bridgehead atoms. The van der Waals surface area contributed by atoms with Gasteiger partial charge in [0.1, 0.15) is 23.0 Å². The standard InChI is InChI=1S/C22H19FN2O4S/c1-28-18-8-2-14(3-9-18)21(27)25-19(13-30-22(25)15-10-11-29-12-15)20(26)24-17-6-4-16(23)5-7-17/h2-12,19,22H,13H2,1H3,(H,24,26). The largest absolute Gasteiger partial charge is 0.497 e. The minimum absolute atomic E-state index is 0.270. The third-order valence-electron chi connectivity index (χ3n) is 4.81. The molecule has 3 aromatic rings. The number of hydrogen-bond donors (Lipinski definition) is 1. The number of ether oxygens (including phenoxy) is 1. The zero-order chi connectivity index (χ0) is 21.1. The predicted octanol–water partition coefficient (Wildman–Crippen LogP) is 4.32. The third-order valence-corrected chi connectivity index (χ3v) is 6.14. The van der Waals surface area contributed by atoms with E-state index in [-0.39, 0.29) is 23.0 Å². The molecule has 0 aliphatic carbocycles. The number of rotatable bonds is 5. The highest BCUT2D eigenvalue weighted by Gasteiger charge is 2.43. The maximum Gasteiger partial charge on any atom is 0.255 e. The van der Waals surface area contributed by atoms with Crippen LogP contribution in [0, 0.1) is 5.82 Å². The van der Waals surface area contributed by atoms with E-state index in [1.807, 2.05) is 0 Å². The highest BCUT2D eigenvalue weighted by atomic mass is 32.2. The van der Waals surface area contributed by atoms with Crippen LogP contribution in [0.3, 0.4) is 0 Å². The summed E-state index contributed by atoms with van der Waals surface area (Å²) >= 11 is 1.49. The molecule has 1 fully saturated rings. The zero-order valence-corrected chi connectivity index (χ0v) is 16.9. The second-order valence-corrected chi connectivity index (χ2v) is 7.81. The SMILES string of the molecule is COc1ccc(C(=O)N2C(C(=O)Nc3ccc(F)cc3)CSC2c2ccoc2)cc1. The summed E-state index contributed by atoms with van der Waals surface area (Å²) in [5, 5.41) is 2.42. The maximum atomic E-state index is 13.4. The smallest absolute Gasteiger partial charge is 0.255 e. The number of halogens is 1. The lowest BCUT2D eigenvalue weighted by Crippen LogP contribution is -2.45. The van der Waals surface area contributed by atoms with Gasteiger partial charge in [0.15, 0.2) is 0 Å². The van der Waals surface area contributed by atoms with Crippen LogP contribution >= 0.6 is 11.8 Å². The van der Waals surface area contributed by atoms with E-state index in [0.29, 0.717) is 22.8 Å². The van der Waals surface area contributed by atoms with Gasteiger partial charge in [-0.2, -0.15) is 0 Å². The molecule has 30 heavy (non-hydrogen) atoms. The molecular weight excluding hydrogens is 407 g/mol. The first-order valence-corrected chi connectivity index (χ1v) is 10.3. The van der Waals surface area contributed by atoms with Crippen LogP contribution in [0.5, 0.6) is 5.75 Å². The van der Waals surface area contributed by atoms with E-state index in [1.165, 1.54) is 42.3 Å². The molecule has 1 aliphatic rings. The van der Waals surface area contributed by atoms with Crippen molar-refractivity contribution in [2.45, 2.75) is 11.4 Å². The number of furan rings is 1. The van der Waals surface area contributed by atoms with Crippen molar-refractivity contribution in [3.8, 4) is 5.75 Å². The topological polar surface area (TPSA) is 71.8 Å². The summed E-state index contributed by atoms with van der Waals surface area (Å²) in [5.41, 5.74) is 1.72. The van der Waals surface area contributed by atoms with E-state index < -0.39 is 6.04 Å². The Hall–Kier alpha value is -3.26. The Kier molecular flexibility index (Phi) is 5.76. The normalized spacial score (nSPS) is 18.3. The van der Waals surface area contributed by atoms with Gasteiger partial charge in [-0.1, -0.05) is 0 Å². The van der Waals surface area contributed by atoms with Gasteiger partial charge in [0.2, 0.25) is 5.91 Å². The monoisotopic (exact) mass is 426 g/mol. The van der Waals surface area contributed by atoms with Crippen molar-refractivity contribution in [3.63, 3.8) is 0 Å². The number of amides is 2. The number of nitrogens with one attached hydrogen (secondary N) is 1. The Balaban J connectivity index is 1.62. The van der Waals surface area contributed by atoms with E-state index in [2.05, 4.69) is 5.32 Å². The summed E-state index contributed by atoms with van der Waals surface area (Å²) in [6.45, 7) is 0. The van der Waals surface area contributed by atoms with Crippen molar-refractivity contribution in [1.29, 1.82) is 0 Å². The molecule has 6 nitrogen and oxygen atoms in total. The molecule has 1 N–H and O–H groups in total. The van der Waals surface area contributed by atoms with Crippen LogP contribution in [0.15, 0.2) is 71.5 Å². The number of benzene rings is 2. The predicted molar refractivity (Wildman–Crippen MR) is 112 cm³/mol. The first-order chi connectivity index (χ1) is 14.6. The molecule has 2 unspecified atom stereocenters. The number of nitrogens with zero attached hydrogens (tertiary/aromatic N) is 1. The Morgan fingerprint density at radius 1 is 1.13 bits per heavy atom. The van der Waals surface area contributed by atoms with Gasteiger partial charge in [-0.05, 0) is 54.6 Å². The Bertz CT molecular complexity index is 1020. The summed E-state index contributed by atoms with van der Waals surface area (Å²) < 4.78 is 23.5. The molecule has 1 aromatic heterocycles. The van der Waals surface area contributed by atoms with Gasteiger partial charge >= 0.3 is 0 Å². The van der Waals surface area contributed by atoms with Gasteiger partial charge in [0, 0.05) is 22.6 Å². The highest BCUT2D eigenvalue weighted by Crippen LogP contribution is 2.42. The van der Waals surface area contributed by atoms with E-state index in [9.17, 15) is 14.0 Å². The van der Waals surface area contributed by atoms with E-state index >= 15 is 0 Å². The van der Waals surface area contributed by atoms with Crippen molar-refractivity contribution >= 4 is 29.3 Å². The van der Waals surface area contributed by atoms with Gasteiger partial charge in [0.25, 0.3) is 5.91 Å². The molecule has 2 atom stereocenters. The number of hydrogen-bond acceptors (Lipinski definition) is 5. The molecule has 1 saturated heterocycles. The van der Waals surface area contributed by atoms with Crippen LogP contribution in [0.2, 0.25) is 0 Å². The summed E-state index contributed by atoms with van der Waals surface area (Å²) in [5.74, 6) is 0.0697. The number of methoxy groups -OCH3 is 1. The Morgan fingerprint density at radius 2 is 1.87 bits per heavy atom. The minimum Gasteiger partial charge on any atom is -0.497 e. The fourth-order valence-electron chi connectivity index (χ4n) is 3.27. The summed E-state index contributed by atoms with van der Waals surface area (Å²) in [7, 11) is 1.55. The molecule has 0 radical (unpaired) electrons. The van der Waals surface area contributed by atoms with Gasteiger partial charge in [-0.25, -0.2) is 4.39 Å². The lowest BCUT2D eigenvalue weighted by molar-refractivity contribution is -0.119. The average Bonchev–Trinajstić information content (AvgIpc) is 3.44. The van der Waals surface area contributed by atoms with Gasteiger partial charge < -0.3 is 19.4 Å². The third kappa shape index (κ3) is 4.04. The molecule has 2 aromatic carbocycles.